The summed E-state index contributed by atoms with van der Waals surface area (Å²) in [6.45, 7) is 4.19. The van der Waals surface area contributed by atoms with Crippen LogP contribution in [0.5, 0.6) is 11.5 Å². The Balaban J connectivity index is 1.86. The minimum atomic E-state index is -0.110. The Morgan fingerprint density at radius 1 is 0.935 bits per heavy atom. The lowest BCUT2D eigenvalue weighted by molar-refractivity contribution is 0.354. The average Bonchev–Trinajstić information content (AvgIpc) is 2.79. The molecule has 0 amide bonds. The molecule has 158 valence electrons. The van der Waals surface area contributed by atoms with Gasteiger partial charge in [0.1, 0.15) is 0 Å². The molecule has 1 aromatic heterocycles. The quantitative estimate of drug-likeness (QED) is 0.305. The molecular weight excluding hydrogens is 408 g/mol. The fourth-order valence-corrected chi connectivity index (χ4v) is 4.57. The Hall–Kier alpha value is -3.25. The third-order valence-corrected chi connectivity index (χ3v) is 6.22. The van der Waals surface area contributed by atoms with Gasteiger partial charge in [0.2, 0.25) is 0 Å². The van der Waals surface area contributed by atoms with Crippen LogP contribution < -0.4 is 15.0 Å². The van der Waals surface area contributed by atoms with E-state index in [9.17, 15) is 4.79 Å². The number of benzene rings is 3. The highest BCUT2D eigenvalue weighted by Crippen LogP contribution is 2.31. The summed E-state index contributed by atoms with van der Waals surface area (Å²) >= 11 is 1.55. The second kappa shape index (κ2) is 8.86. The first-order chi connectivity index (χ1) is 15.0. The molecule has 4 aromatic rings. The van der Waals surface area contributed by atoms with E-state index in [-0.39, 0.29) is 5.56 Å². The second-order valence-corrected chi connectivity index (χ2v) is 8.25. The van der Waals surface area contributed by atoms with Crippen molar-refractivity contribution in [2.75, 3.05) is 14.2 Å². The van der Waals surface area contributed by atoms with Crippen LogP contribution in [0, 0.1) is 13.8 Å². The standard InChI is InChI=1S/C25H24N2O3S/c1-16-9-10-17(2)18(13-16)15-31-25-26-21-8-6-5-7-20(21)24(28)27(25)19-11-12-22(29-3)23(14-19)30-4/h5-14H,15H2,1-4H3. The second-order valence-electron chi connectivity index (χ2n) is 7.31. The van der Waals surface area contributed by atoms with Crippen molar-refractivity contribution in [2.45, 2.75) is 24.8 Å². The molecule has 6 heteroatoms. The Labute approximate surface area is 185 Å². The van der Waals surface area contributed by atoms with Crippen LogP contribution in [0.4, 0.5) is 0 Å². The molecule has 0 saturated carbocycles. The maximum Gasteiger partial charge on any atom is 0.266 e. The van der Waals surface area contributed by atoms with Crippen LogP contribution in [0.15, 0.2) is 70.6 Å². The first-order valence-corrected chi connectivity index (χ1v) is 10.9. The van der Waals surface area contributed by atoms with E-state index >= 15 is 0 Å². The number of thioether (sulfide) groups is 1. The van der Waals surface area contributed by atoms with Crippen molar-refractivity contribution in [3.63, 3.8) is 0 Å². The van der Waals surface area contributed by atoms with Gasteiger partial charge in [0.05, 0.1) is 30.8 Å². The summed E-state index contributed by atoms with van der Waals surface area (Å²) < 4.78 is 12.5. The molecule has 0 N–H and O–H groups in total. The van der Waals surface area contributed by atoms with Gasteiger partial charge in [-0.05, 0) is 49.2 Å². The highest BCUT2D eigenvalue weighted by Gasteiger charge is 2.16. The Bertz CT molecular complexity index is 1310. The number of rotatable bonds is 6. The third kappa shape index (κ3) is 4.16. The Kier molecular flexibility index (Phi) is 6.00. The summed E-state index contributed by atoms with van der Waals surface area (Å²) in [7, 11) is 3.17. The fraction of sp³-hybridized carbons (Fsp3) is 0.200. The number of nitrogens with zero attached hydrogens (tertiary/aromatic N) is 2. The van der Waals surface area contributed by atoms with Gasteiger partial charge in [-0.15, -0.1) is 0 Å². The number of methoxy groups -OCH3 is 2. The van der Waals surface area contributed by atoms with E-state index in [2.05, 4.69) is 32.0 Å². The maximum atomic E-state index is 13.5. The van der Waals surface area contributed by atoms with Crippen LogP contribution in [-0.4, -0.2) is 23.8 Å². The van der Waals surface area contributed by atoms with Crippen molar-refractivity contribution in [1.82, 2.24) is 9.55 Å². The normalized spacial score (nSPS) is 11.0. The van der Waals surface area contributed by atoms with Gasteiger partial charge in [-0.25, -0.2) is 4.98 Å². The van der Waals surface area contributed by atoms with E-state index in [1.165, 1.54) is 16.7 Å². The molecule has 0 aliphatic rings. The molecule has 0 fully saturated rings. The molecule has 31 heavy (non-hydrogen) atoms. The number of aryl methyl sites for hydroxylation is 2. The smallest absolute Gasteiger partial charge is 0.266 e. The summed E-state index contributed by atoms with van der Waals surface area (Å²) in [6.07, 6.45) is 0. The van der Waals surface area contributed by atoms with E-state index in [1.807, 2.05) is 24.3 Å². The predicted molar refractivity (Wildman–Crippen MR) is 126 cm³/mol. The topological polar surface area (TPSA) is 53.4 Å². The SMILES string of the molecule is COc1ccc(-n2c(SCc3cc(C)ccc3C)nc3ccccc3c2=O)cc1OC. The van der Waals surface area contributed by atoms with Crippen LogP contribution in [0.1, 0.15) is 16.7 Å². The van der Waals surface area contributed by atoms with Gasteiger partial charge in [0.25, 0.3) is 5.56 Å². The number of ether oxygens (including phenoxy) is 2. The Morgan fingerprint density at radius 3 is 2.48 bits per heavy atom. The molecule has 5 nitrogen and oxygen atoms in total. The third-order valence-electron chi connectivity index (χ3n) is 5.23. The zero-order chi connectivity index (χ0) is 22.0. The van der Waals surface area contributed by atoms with Gasteiger partial charge in [-0.1, -0.05) is 47.7 Å². The fourth-order valence-electron chi connectivity index (χ4n) is 3.50. The lowest BCUT2D eigenvalue weighted by Crippen LogP contribution is -2.21. The van der Waals surface area contributed by atoms with Crippen LogP contribution >= 0.6 is 11.8 Å². The number of hydrogen-bond donors (Lipinski definition) is 0. The number of para-hydroxylation sites is 1. The highest BCUT2D eigenvalue weighted by molar-refractivity contribution is 7.98. The minimum absolute atomic E-state index is 0.110. The van der Waals surface area contributed by atoms with E-state index in [0.29, 0.717) is 39.0 Å². The van der Waals surface area contributed by atoms with Crippen molar-refractivity contribution < 1.29 is 9.47 Å². The molecule has 0 saturated heterocycles. The van der Waals surface area contributed by atoms with Crippen LogP contribution in [0.25, 0.3) is 16.6 Å². The Morgan fingerprint density at radius 2 is 1.71 bits per heavy atom. The zero-order valence-corrected chi connectivity index (χ0v) is 18.8. The first kappa shape index (κ1) is 21.0. The molecule has 0 atom stereocenters. The van der Waals surface area contributed by atoms with Crippen molar-refractivity contribution in [1.29, 1.82) is 0 Å². The largest absolute Gasteiger partial charge is 0.493 e. The van der Waals surface area contributed by atoms with Gasteiger partial charge in [0.15, 0.2) is 16.7 Å². The number of fused-ring (bicyclic) bond motifs is 1. The van der Waals surface area contributed by atoms with Crippen LogP contribution in [-0.2, 0) is 5.75 Å². The van der Waals surface area contributed by atoms with Crippen LogP contribution in [0.3, 0.4) is 0 Å². The summed E-state index contributed by atoms with van der Waals surface area (Å²) in [5.41, 5.74) is 4.92. The maximum absolute atomic E-state index is 13.5. The predicted octanol–water partition coefficient (Wildman–Crippen LogP) is 5.31. The molecule has 0 aliphatic carbocycles. The lowest BCUT2D eigenvalue weighted by atomic mass is 10.1. The van der Waals surface area contributed by atoms with E-state index < -0.39 is 0 Å². The average molecular weight is 433 g/mol. The molecule has 4 rings (SSSR count). The first-order valence-electron chi connectivity index (χ1n) is 9.95. The van der Waals surface area contributed by atoms with Gasteiger partial charge in [0, 0.05) is 11.8 Å². The summed E-state index contributed by atoms with van der Waals surface area (Å²) in [5, 5.41) is 1.21. The summed E-state index contributed by atoms with van der Waals surface area (Å²) in [5.74, 6) is 1.88. The molecule has 1 heterocycles. The van der Waals surface area contributed by atoms with Crippen molar-refractivity contribution >= 4 is 22.7 Å². The van der Waals surface area contributed by atoms with Crippen molar-refractivity contribution in [2.24, 2.45) is 0 Å². The molecule has 0 bridgehead atoms. The molecule has 0 radical (unpaired) electrons. The van der Waals surface area contributed by atoms with Gasteiger partial charge >= 0.3 is 0 Å². The summed E-state index contributed by atoms with van der Waals surface area (Å²) in [6, 6.07) is 19.3. The number of hydrogen-bond acceptors (Lipinski definition) is 5. The van der Waals surface area contributed by atoms with Crippen LogP contribution in [0.2, 0.25) is 0 Å². The summed E-state index contributed by atoms with van der Waals surface area (Å²) in [4.78, 5) is 18.3. The monoisotopic (exact) mass is 432 g/mol. The lowest BCUT2D eigenvalue weighted by Gasteiger charge is -2.16. The van der Waals surface area contributed by atoms with Crippen molar-refractivity contribution in [3.05, 3.63) is 87.7 Å². The molecule has 0 unspecified atom stereocenters. The van der Waals surface area contributed by atoms with Crippen molar-refractivity contribution in [3.8, 4) is 17.2 Å². The van der Waals surface area contributed by atoms with Gasteiger partial charge in [-0.2, -0.15) is 0 Å². The minimum Gasteiger partial charge on any atom is -0.493 e. The molecule has 3 aromatic carbocycles. The highest BCUT2D eigenvalue weighted by atomic mass is 32.2. The number of aromatic nitrogens is 2. The zero-order valence-electron chi connectivity index (χ0n) is 18.0. The van der Waals surface area contributed by atoms with E-state index in [0.717, 1.165) is 0 Å². The molecule has 0 aliphatic heterocycles. The molecular formula is C25H24N2O3S. The van der Waals surface area contributed by atoms with E-state index in [1.54, 1.807) is 48.7 Å². The van der Waals surface area contributed by atoms with Gasteiger partial charge in [-0.3, -0.25) is 9.36 Å². The van der Waals surface area contributed by atoms with Gasteiger partial charge < -0.3 is 9.47 Å². The molecule has 0 spiro atoms. The van der Waals surface area contributed by atoms with E-state index in [4.69, 9.17) is 14.5 Å².